The van der Waals surface area contributed by atoms with Crippen molar-refractivity contribution < 1.29 is 19.3 Å². The second kappa shape index (κ2) is 9.98. The fourth-order valence-corrected chi connectivity index (χ4v) is 2.88. The average Bonchev–Trinajstić information content (AvgIpc) is 2.67. The van der Waals surface area contributed by atoms with Gasteiger partial charge in [-0.1, -0.05) is 48.5 Å². The molecule has 9 nitrogen and oxygen atoms in total. The van der Waals surface area contributed by atoms with E-state index in [9.17, 15) is 24.5 Å². The third-order valence-corrected chi connectivity index (χ3v) is 4.25. The van der Waals surface area contributed by atoms with Gasteiger partial charge >= 0.3 is 0 Å². The number of benzene rings is 2. The SMILES string of the molecule is CC(=O)N[C@@H](Cc1ccccc1)C(=O)N[C@@H](Cc1ccccc1[N+](=O)[O-])C(N)=O. The number of para-hydroxylation sites is 1. The van der Waals surface area contributed by atoms with Crippen molar-refractivity contribution in [1.82, 2.24) is 10.6 Å². The highest BCUT2D eigenvalue weighted by Crippen LogP contribution is 2.19. The van der Waals surface area contributed by atoms with Gasteiger partial charge in [0.1, 0.15) is 12.1 Å². The molecule has 0 spiro atoms. The maximum Gasteiger partial charge on any atom is 0.272 e. The van der Waals surface area contributed by atoms with Gasteiger partial charge in [-0.15, -0.1) is 0 Å². The summed E-state index contributed by atoms with van der Waals surface area (Å²) >= 11 is 0. The smallest absolute Gasteiger partial charge is 0.272 e. The summed E-state index contributed by atoms with van der Waals surface area (Å²) in [6, 6.07) is 12.9. The topological polar surface area (TPSA) is 144 Å². The third-order valence-electron chi connectivity index (χ3n) is 4.25. The van der Waals surface area contributed by atoms with Crippen LogP contribution in [0, 0.1) is 10.1 Å². The molecule has 3 amide bonds. The first kappa shape index (κ1) is 21.5. The van der Waals surface area contributed by atoms with Crippen LogP contribution in [-0.4, -0.2) is 34.7 Å². The number of carbonyl (C=O) groups is 3. The summed E-state index contributed by atoms with van der Waals surface area (Å²) in [7, 11) is 0. The highest BCUT2D eigenvalue weighted by Gasteiger charge is 2.27. The van der Waals surface area contributed by atoms with Crippen LogP contribution in [0.2, 0.25) is 0 Å². The highest BCUT2D eigenvalue weighted by molar-refractivity contribution is 5.91. The van der Waals surface area contributed by atoms with Crippen molar-refractivity contribution in [2.24, 2.45) is 5.73 Å². The number of hydrogen-bond donors (Lipinski definition) is 3. The van der Waals surface area contributed by atoms with E-state index in [-0.39, 0.29) is 24.1 Å². The molecular weight excluding hydrogens is 376 g/mol. The van der Waals surface area contributed by atoms with Crippen molar-refractivity contribution >= 4 is 23.4 Å². The lowest BCUT2D eigenvalue weighted by atomic mass is 10.0. The van der Waals surface area contributed by atoms with Gasteiger partial charge in [0.15, 0.2) is 0 Å². The van der Waals surface area contributed by atoms with Crippen molar-refractivity contribution in [2.45, 2.75) is 31.8 Å². The molecule has 0 heterocycles. The van der Waals surface area contributed by atoms with Gasteiger partial charge in [-0.3, -0.25) is 24.5 Å². The molecular formula is C20H22N4O5. The van der Waals surface area contributed by atoms with Crippen LogP contribution < -0.4 is 16.4 Å². The molecule has 0 aliphatic carbocycles. The Kier molecular flexibility index (Phi) is 7.41. The minimum Gasteiger partial charge on any atom is -0.368 e. The van der Waals surface area contributed by atoms with E-state index in [1.54, 1.807) is 30.3 Å². The zero-order valence-electron chi connectivity index (χ0n) is 15.8. The molecule has 2 aromatic rings. The van der Waals surface area contributed by atoms with Gasteiger partial charge in [0, 0.05) is 31.4 Å². The van der Waals surface area contributed by atoms with Crippen LogP contribution in [0.4, 0.5) is 5.69 Å². The predicted molar refractivity (Wildman–Crippen MR) is 106 cm³/mol. The van der Waals surface area contributed by atoms with Gasteiger partial charge in [0.2, 0.25) is 17.7 Å². The number of carbonyl (C=O) groups excluding carboxylic acids is 3. The van der Waals surface area contributed by atoms with Crippen LogP contribution in [0.15, 0.2) is 54.6 Å². The molecule has 0 radical (unpaired) electrons. The zero-order chi connectivity index (χ0) is 21.4. The van der Waals surface area contributed by atoms with Crippen LogP contribution >= 0.6 is 0 Å². The molecule has 9 heteroatoms. The lowest BCUT2D eigenvalue weighted by Crippen LogP contribution is -2.54. The molecule has 0 unspecified atom stereocenters. The molecule has 0 bridgehead atoms. The van der Waals surface area contributed by atoms with Crippen LogP contribution in [-0.2, 0) is 27.2 Å². The Balaban J connectivity index is 2.18. The number of primary amides is 1. The Morgan fingerprint density at radius 2 is 1.59 bits per heavy atom. The van der Waals surface area contributed by atoms with E-state index in [1.807, 2.05) is 6.07 Å². The molecule has 0 aliphatic heterocycles. The Bertz CT molecular complexity index is 901. The largest absolute Gasteiger partial charge is 0.368 e. The molecule has 2 aromatic carbocycles. The molecule has 2 atom stereocenters. The maximum atomic E-state index is 12.7. The maximum absolute atomic E-state index is 12.7. The van der Waals surface area contributed by atoms with Gasteiger partial charge in [0.05, 0.1) is 4.92 Å². The zero-order valence-corrected chi connectivity index (χ0v) is 15.8. The van der Waals surface area contributed by atoms with Gasteiger partial charge in [-0.05, 0) is 5.56 Å². The molecule has 0 saturated carbocycles. The van der Waals surface area contributed by atoms with E-state index < -0.39 is 34.7 Å². The number of nitro benzene ring substituents is 1. The van der Waals surface area contributed by atoms with Gasteiger partial charge in [0.25, 0.3) is 5.69 Å². The van der Waals surface area contributed by atoms with Crippen molar-refractivity contribution in [3.05, 3.63) is 75.8 Å². The van der Waals surface area contributed by atoms with Crippen LogP contribution in [0.5, 0.6) is 0 Å². The molecule has 4 N–H and O–H groups in total. The Labute approximate surface area is 167 Å². The van der Waals surface area contributed by atoms with Crippen molar-refractivity contribution in [2.75, 3.05) is 0 Å². The predicted octanol–water partition coefficient (Wildman–Crippen LogP) is 0.855. The average molecular weight is 398 g/mol. The highest BCUT2D eigenvalue weighted by atomic mass is 16.6. The molecule has 29 heavy (non-hydrogen) atoms. The monoisotopic (exact) mass is 398 g/mol. The van der Waals surface area contributed by atoms with E-state index in [0.717, 1.165) is 5.56 Å². The van der Waals surface area contributed by atoms with E-state index in [4.69, 9.17) is 5.73 Å². The Morgan fingerprint density at radius 1 is 0.966 bits per heavy atom. The number of nitrogens with one attached hydrogen (secondary N) is 2. The summed E-state index contributed by atoms with van der Waals surface area (Å²) in [5.41, 5.74) is 6.31. The quantitative estimate of drug-likeness (QED) is 0.424. The summed E-state index contributed by atoms with van der Waals surface area (Å²) in [6.45, 7) is 1.28. The number of nitrogens with two attached hydrogens (primary N) is 1. The van der Waals surface area contributed by atoms with Crippen molar-refractivity contribution in [1.29, 1.82) is 0 Å². The minimum absolute atomic E-state index is 0.143. The first-order valence-electron chi connectivity index (χ1n) is 8.91. The first-order valence-corrected chi connectivity index (χ1v) is 8.91. The van der Waals surface area contributed by atoms with E-state index in [2.05, 4.69) is 10.6 Å². The lowest BCUT2D eigenvalue weighted by molar-refractivity contribution is -0.385. The number of nitro groups is 1. The number of hydrogen-bond acceptors (Lipinski definition) is 5. The number of rotatable bonds is 9. The van der Waals surface area contributed by atoms with E-state index >= 15 is 0 Å². The van der Waals surface area contributed by atoms with Crippen LogP contribution in [0.3, 0.4) is 0 Å². The standard InChI is InChI=1S/C20H22N4O5/c1-13(25)22-17(11-14-7-3-2-4-8-14)20(27)23-16(19(21)26)12-15-9-5-6-10-18(15)24(28)29/h2-10,16-17H,11-12H2,1H3,(H2,21,26)(H,22,25)(H,23,27)/t16-,17-/m0/s1. The molecule has 152 valence electrons. The second-order valence-corrected chi connectivity index (χ2v) is 6.50. The lowest BCUT2D eigenvalue weighted by Gasteiger charge is -2.21. The summed E-state index contributed by atoms with van der Waals surface area (Å²) in [6.07, 6.45) is 0.0690. The summed E-state index contributed by atoms with van der Waals surface area (Å²) in [5.74, 6) is -1.85. The number of amides is 3. The van der Waals surface area contributed by atoms with E-state index in [0.29, 0.717) is 0 Å². The van der Waals surface area contributed by atoms with Crippen LogP contribution in [0.25, 0.3) is 0 Å². The van der Waals surface area contributed by atoms with Crippen molar-refractivity contribution in [3.63, 3.8) is 0 Å². The molecule has 0 fully saturated rings. The minimum atomic E-state index is -1.17. The molecule has 0 aliphatic rings. The molecule has 0 saturated heterocycles. The first-order chi connectivity index (χ1) is 13.8. The fourth-order valence-electron chi connectivity index (χ4n) is 2.88. The van der Waals surface area contributed by atoms with Gasteiger partial charge in [-0.25, -0.2) is 0 Å². The Morgan fingerprint density at radius 3 is 2.17 bits per heavy atom. The third kappa shape index (κ3) is 6.42. The van der Waals surface area contributed by atoms with Crippen LogP contribution in [0.1, 0.15) is 18.1 Å². The second-order valence-electron chi connectivity index (χ2n) is 6.50. The summed E-state index contributed by atoms with van der Waals surface area (Å²) < 4.78 is 0. The van der Waals surface area contributed by atoms with Crippen molar-refractivity contribution in [3.8, 4) is 0 Å². The summed E-state index contributed by atoms with van der Waals surface area (Å²) in [4.78, 5) is 46.8. The fraction of sp³-hybridized carbons (Fsp3) is 0.250. The number of nitrogens with zero attached hydrogens (tertiary/aromatic N) is 1. The Hall–Kier alpha value is -3.75. The summed E-state index contributed by atoms with van der Waals surface area (Å²) in [5, 5.41) is 16.2. The molecule has 0 aromatic heterocycles. The van der Waals surface area contributed by atoms with E-state index in [1.165, 1.54) is 25.1 Å². The van der Waals surface area contributed by atoms with Gasteiger partial charge in [-0.2, -0.15) is 0 Å². The normalized spacial score (nSPS) is 12.4. The van der Waals surface area contributed by atoms with Gasteiger partial charge < -0.3 is 16.4 Å². The molecule has 2 rings (SSSR count).